The summed E-state index contributed by atoms with van der Waals surface area (Å²) in [6.45, 7) is 0.825. The van der Waals surface area contributed by atoms with Gasteiger partial charge in [0.15, 0.2) is 5.56 Å². The second-order valence-electron chi connectivity index (χ2n) is 1.88. The normalized spacial score (nSPS) is 16.4. The van der Waals surface area contributed by atoms with Crippen LogP contribution < -0.4 is 0 Å². The highest BCUT2D eigenvalue weighted by atomic mass is 35.5. The predicted molar refractivity (Wildman–Crippen MR) is 30.3 cm³/mol. The minimum Gasteiger partial charge on any atom is -0.265 e. The lowest BCUT2D eigenvalue weighted by atomic mass is 10.8. The molecule has 80 valence electrons. The van der Waals surface area contributed by atoms with E-state index in [2.05, 4.69) is 4.84 Å². The summed E-state index contributed by atoms with van der Waals surface area (Å²) in [6, 6.07) is 0. The molecule has 0 saturated carbocycles. The van der Waals surface area contributed by atoms with Crippen LogP contribution in [0.2, 0.25) is 0 Å². The quantitative estimate of drug-likeness (QED) is 0.314. The van der Waals surface area contributed by atoms with E-state index in [1.54, 1.807) is 0 Å². The molecular weight excluding hydrogens is 227 g/mol. The number of hydrogen-bond acceptors (Lipinski definition) is 2. The van der Waals surface area contributed by atoms with Crippen molar-refractivity contribution in [3.8, 4) is 0 Å². The molecule has 1 unspecified atom stereocenters. The molecule has 0 aromatic heterocycles. The van der Waals surface area contributed by atoms with Crippen LogP contribution in [0.25, 0.3) is 0 Å². The van der Waals surface area contributed by atoms with Crippen molar-refractivity contribution in [1.82, 2.24) is 5.06 Å². The first-order valence-electron chi connectivity index (χ1n) is 2.79. The highest BCUT2D eigenvalue weighted by Crippen LogP contribution is 2.34. The summed E-state index contributed by atoms with van der Waals surface area (Å²) < 4.78 is 69.6. The van der Waals surface area contributed by atoms with E-state index in [1.165, 1.54) is 0 Å². The van der Waals surface area contributed by atoms with Crippen molar-refractivity contribution in [3.05, 3.63) is 0 Å². The van der Waals surface area contributed by atoms with Crippen LogP contribution >= 0.6 is 11.6 Å². The zero-order valence-corrected chi connectivity index (χ0v) is 6.83. The molecule has 13 heavy (non-hydrogen) atoms. The van der Waals surface area contributed by atoms with Crippen LogP contribution in [-0.4, -0.2) is 23.2 Å². The Balaban J connectivity index is 4.58. The van der Waals surface area contributed by atoms with Crippen molar-refractivity contribution in [2.75, 3.05) is 0 Å². The summed E-state index contributed by atoms with van der Waals surface area (Å²) in [5.74, 6) is 0. The van der Waals surface area contributed by atoms with Gasteiger partial charge in [0, 0.05) is 5.06 Å². The predicted octanol–water partition coefficient (Wildman–Crippen LogP) is 2.84. The van der Waals surface area contributed by atoms with Crippen molar-refractivity contribution in [1.29, 1.82) is 0 Å². The summed E-state index contributed by atoms with van der Waals surface area (Å²) in [4.78, 5) is 3.33. The van der Waals surface area contributed by atoms with Crippen LogP contribution in [-0.2, 0) is 4.84 Å². The molecule has 9 heteroatoms. The molecule has 0 aromatic rings. The first-order chi connectivity index (χ1) is 5.55. The third kappa shape index (κ3) is 4.53. The smallest absolute Gasteiger partial charge is 0.265 e. The summed E-state index contributed by atoms with van der Waals surface area (Å²) >= 11 is 4.82. The maximum absolute atomic E-state index is 11.6. The molecule has 0 aromatic carbocycles. The van der Waals surface area contributed by atoms with E-state index in [0.717, 1.165) is 6.92 Å². The van der Waals surface area contributed by atoms with Crippen LogP contribution in [0.4, 0.5) is 26.3 Å². The lowest BCUT2D eigenvalue weighted by Crippen LogP contribution is -2.48. The zero-order chi connectivity index (χ0) is 10.9. The average molecular weight is 232 g/mol. The van der Waals surface area contributed by atoms with Gasteiger partial charge in [0.2, 0.25) is 0 Å². The molecule has 0 heterocycles. The van der Waals surface area contributed by atoms with Gasteiger partial charge < -0.3 is 0 Å². The Morgan fingerprint density at radius 1 is 1.08 bits per heavy atom. The van der Waals surface area contributed by atoms with Gasteiger partial charge >= 0.3 is 12.6 Å². The second kappa shape index (κ2) is 3.89. The van der Waals surface area contributed by atoms with Crippen LogP contribution in [0.5, 0.6) is 0 Å². The summed E-state index contributed by atoms with van der Waals surface area (Å²) in [7, 11) is 0. The minimum atomic E-state index is -5.67. The van der Waals surface area contributed by atoms with Gasteiger partial charge in [-0.25, -0.2) is 0 Å². The number of nitrogens with zero attached hydrogens (tertiary/aromatic N) is 1. The first-order valence-corrected chi connectivity index (χ1v) is 3.23. The Morgan fingerprint density at radius 2 is 1.38 bits per heavy atom. The van der Waals surface area contributed by atoms with Gasteiger partial charge in [-0.15, -0.1) is 0 Å². The fourth-order valence-electron chi connectivity index (χ4n) is 0.409. The molecular formula is C4H4ClF6NO. The number of hydroxylamine groups is 2. The highest BCUT2D eigenvalue weighted by Gasteiger charge is 2.56. The molecule has 0 amide bonds. The van der Waals surface area contributed by atoms with E-state index < -0.39 is 23.2 Å². The van der Waals surface area contributed by atoms with Gasteiger partial charge in [-0.1, -0.05) is 11.6 Å². The molecule has 2 nitrogen and oxygen atoms in total. The Bertz CT molecular complexity index is 151. The van der Waals surface area contributed by atoms with E-state index >= 15 is 0 Å². The average Bonchev–Trinajstić information content (AvgIpc) is 1.77. The Kier molecular flexibility index (Phi) is 3.82. The number of hydrogen-bond donors (Lipinski definition) is 0. The molecule has 0 radical (unpaired) electrons. The van der Waals surface area contributed by atoms with E-state index in [4.69, 9.17) is 11.6 Å². The third-order valence-corrected chi connectivity index (χ3v) is 0.791. The van der Waals surface area contributed by atoms with Crippen molar-refractivity contribution in [2.45, 2.75) is 25.1 Å². The second-order valence-corrected chi connectivity index (χ2v) is 2.49. The molecule has 0 spiro atoms. The maximum Gasteiger partial charge on any atom is 0.490 e. The van der Waals surface area contributed by atoms with Gasteiger partial charge in [0.25, 0.3) is 0 Å². The summed E-state index contributed by atoms with van der Waals surface area (Å²) in [5.41, 5.74) is -1.73. The maximum atomic E-state index is 11.6. The third-order valence-electron chi connectivity index (χ3n) is 0.711. The topological polar surface area (TPSA) is 12.5 Å². The molecule has 0 aliphatic heterocycles. The molecule has 0 fully saturated rings. The summed E-state index contributed by atoms with van der Waals surface area (Å²) in [6.07, 6.45) is -11.3. The molecule has 0 aliphatic rings. The summed E-state index contributed by atoms with van der Waals surface area (Å²) in [5, 5.41) is -2.06. The molecule has 0 N–H and O–H groups in total. The van der Waals surface area contributed by atoms with Crippen LogP contribution in [0.1, 0.15) is 6.92 Å². The van der Waals surface area contributed by atoms with Crippen molar-refractivity contribution >= 4 is 11.6 Å². The Morgan fingerprint density at radius 3 is 1.46 bits per heavy atom. The van der Waals surface area contributed by atoms with E-state index in [0.29, 0.717) is 0 Å². The van der Waals surface area contributed by atoms with Gasteiger partial charge in [-0.05, 0) is 6.92 Å². The zero-order valence-electron chi connectivity index (χ0n) is 6.08. The molecule has 0 aliphatic carbocycles. The lowest BCUT2D eigenvalue weighted by Gasteiger charge is -2.26. The van der Waals surface area contributed by atoms with Gasteiger partial charge in [0.1, 0.15) is 0 Å². The lowest BCUT2D eigenvalue weighted by molar-refractivity contribution is -0.485. The van der Waals surface area contributed by atoms with Gasteiger partial charge in [-0.2, -0.15) is 26.3 Å². The van der Waals surface area contributed by atoms with E-state index in [1.807, 2.05) is 0 Å². The molecule has 0 bridgehead atoms. The fourth-order valence-corrected chi connectivity index (χ4v) is 0.488. The number of halogens is 7. The molecule has 1 atom stereocenters. The van der Waals surface area contributed by atoms with Crippen LogP contribution in [0.15, 0.2) is 0 Å². The van der Waals surface area contributed by atoms with Crippen molar-refractivity contribution in [3.63, 3.8) is 0 Å². The van der Waals surface area contributed by atoms with E-state index in [9.17, 15) is 26.3 Å². The van der Waals surface area contributed by atoms with Gasteiger partial charge in [0.05, 0.1) is 0 Å². The van der Waals surface area contributed by atoms with Crippen LogP contribution in [0, 0.1) is 0 Å². The first kappa shape index (κ1) is 12.8. The van der Waals surface area contributed by atoms with Crippen LogP contribution in [0.3, 0.4) is 0 Å². The SMILES string of the molecule is CC(Cl)ON(C(F)(F)F)C(F)(F)F. The Hall–Kier alpha value is -0.210. The van der Waals surface area contributed by atoms with Crippen molar-refractivity contribution < 1.29 is 31.2 Å². The molecule has 0 rings (SSSR count). The number of alkyl halides is 7. The fraction of sp³-hybridized carbons (Fsp3) is 1.00. The number of rotatable bonds is 2. The standard InChI is InChI=1S/C4H4ClF6NO/c1-2(5)13-12(3(6,7)8)4(9,10)11/h2H,1H3. The largest absolute Gasteiger partial charge is 0.490 e. The van der Waals surface area contributed by atoms with E-state index in [-0.39, 0.29) is 0 Å². The van der Waals surface area contributed by atoms with Gasteiger partial charge in [-0.3, -0.25) is 4.84 Å². The Labute approximate surface area is 74.0 Å². The monoisotopic (exact) mass is 231 g/mol. The highest BCUT2D eigenvalue weighted by molar-refractivity contribution is 6.19. The minimum absolute atomic E-state index is 0.825. The molecule has 0 saturated heterocycles. The van der Waals surface area contributed by atoms with Crippen molar-refractivity contribution in [2.24, 2.45) is 0 Å².